The number of rotatable bonds is 7. The zero-order valence-corrected chi connectivity index (χ0v) is 17.7. The predicted octanol–water partition coefficient (Wildman–Crippen LogP) is 5.80. The van der Waals surface area contributed by atoms with E-state index in [-0.39, 0.29) is 30.0 Å². The van der Waals surface area contributed by atoms with E-state index < -0.39 is 23.8 Å². The number of ether oxygens (including phenoxy) is 2. The van der Waals surface area contributed by atoms with Gasteiger partial charge in [0, 0.05) is 24.7 Å². The Hall–Kier alpha value is -3.75. The molecule has 3 rings (SSSR count). The Morgan fingerprint density at radius 2 is 1.73 bits per heavy atom. The number of alkyl halides is 3. The first-order valence-corrected chi connectivity index (χ1v) is 10.1. The van der Waals surface area contributed by atoms with E-state index in [0.29, 0.717) is 23.3 Å². The van der Waals surface area contributed by atoms with Crippen molar-refractivity contribution in [2.24, 2.45) is 5.73 Å². The van der Waals surface area contributed by atoms with Crippen LogP contribution >= 0.6 is 0 Å². The molecule has 1 aliphatic carbocycles. The SMILES string of the molecule is CCC1=C(F)C=CC(C(=O)NCc2cccc(Oc3cccc(OC(F)(F)F)c3)c2)=C(N)C1. The number of benzene rings is 2. The molecule has 1 aliphatic rings. The van der Waals surface area contributed by atoms with Gasteiger partial charge in [-0.05, 0) is 54.0 Å². The van der Waals surface area contributed by atoms with Crippen molar-refractivity contribution in [3.8, 4) is 17.2 Å². The van der Waals surface area contributed by atoms with Crippen LogP contribution in [0.5, 0.6) is 17.2 Å². The van der Waals surface area contributed by atoms with Crippen molar-refractivity contribution in [3.63, 3.8) is 0 Å². The molecule has 0 radical (unpaired) electrons. The highest BCUT2D eigenvalue weighted by Crippen LogP contribution is 2.29. The average Bonchev–Trinajstić information content (AvgIpc) is 2.89. The largest absolute Gasteiger partial charge is 0.573 e. The van der Waals surface area contributed by atoms with Crippen LogP contribution < -0.4 is 20.5 Å². The Morgan fingerprint density at radius 3 is 2.42 bits per heavy atom. The Kier molecular flexibility index (Phi) is 7.42. The molecular formula is C24H22F4N2O3. The number of hydrogen-bond acceptors (Lipinski definition) is 4. The summed E-state index contributed by atoms with van der Waals surface area (Å²) in [5.41, 5.74) is 7.69. The van der Waals surface area contributed by atoms with E-state index in [0.717, 1.165) is 6.07 Å². The summed E-state index contributed by atoms with van der Waals surface area (Å²) in [6.07, 6.45) is -1.54. The lowest BCUT2D eigenvalue weighted by atomic mass is 10.1. The van der Waals surface area contributed by atoms with Gasteiger partial charge in [0.2, 0.25) is 0 Å². The van der Waals surface area contributed by atoms with Gasteiger partial charge in [0.15, 0.2) is 0 Å². The molecule has 5 nitrogen and oxygen atoms in total. The number of amides is 1. The van der Waals surface area contributed by atoms with Gasteiger partial charge in [-0.15, -0.1) is 13.2 Å². The molecule has 0 unspecified atom stereocenters. The molecule has 33 heavy (non-hydrogen) atoms. The summed E-state index contributed by atoms with van der Waals surface area (Å²) < 4.78 is 60.7. The van der Waals surface area contributed by atoms with Crippen molar-refractivity contribution in [2.45, 2.75) is 32.7 Å². The van der Waals surface area contributed by atoms with Crippen LogP contribution in [0.15, 0.2) is 83.4 Å². The summed E-state index contributed by atoms with van der Waals surface area (Å²) in [6.45, 7) is 1.95. The molecule has 0 saturated carbocycles. The van der Waals surface area contributed by atoms with E-state index in [1.54, 1.807) is 24.3 Å². The van der Waals surface area contributed by atoms with Gasteiger partial charge in [0.25, 0.3) is 5.91 Å². The molecule has 0 atom stereocenters. The fourth-order valence-electron chi connectivity index (χ4n) is 3.17. The van der Waals surface area contributed by atoms with E-state index in [1.807, 2.05) is 6.92 Å². The second-order valence-electron chi connectivity index (χ2n) is 7.21. The van der Waals surface area contributed by atoms with Gasteiger partial charge in [-0.2, -0.15) is 0 Å². The standard InChI is InChI=1S/C24H22F4N2O3/c1-2-16-12-22(29)20(9-10-21(16)25)23(31)30-14-15-5-3-6-17(11-15)32-18-7-4-8-19(13-18)33-24(26,27)28/h3-11,13H,2,12,14,29H2,1H3,(H,30,31). The summed E-state index contributed by atoms with van der Waals surface area (Å²) in [5.74, 6) is -0.725. The van der Waals surface area contributed by atoms with Crippen LogP contribution in [0, 0.1) is 0 Å². The van der Waals surface area contributed by atoms with Crippen molar-refractivity contribution in [1.82, 2.24) is 5.32 Å². The highest BCUT2D eigenvalue weighted by molar-refractivity contribution is 5.97. The first kappa shape index (κ1) is 23.9. The maximum absolute atomic E-state index is 14.0. The zero-order valence-electron chi connectivity index (χ0n) is 17.7. The van der Waals surface area contributed by atoms with Gasteiger partial charge in [0.1, 0.15) is 23.1 Å². The van der Waals surface area contributed by atoms with E-state index in [4.69, 9.17) is 10.5 Å². The minimum absolute atomic E-state index is 0.133. The third-order valence-corrected chi connectivity index (χ3v) is 4.78. The maximum atomic E-state index is 14.0. The molecule has 0 spiro atoms. The molecule has 0 fully saturated rings. The van der Waals surface area contributed by atoms with Gasteiger partial charge < -0.3 is 20.5 Å². The lowest BCUT2D eigenvalue weighted by molar-refractivity contribution is -0.274. The van der Waals surface area contributed by atoms with Crippen LogP contribution in [0.3, 0.4) is 0 Å². The molecule has 0 aliphatic heterocycles. The van der Waals surface area contributed by atoms with Crippen LogP contribution in [-0.4, -0.2) is 12.3 Å². The number of halogens is 4. The van der Waals surface area contributed by atoms with E-state index in [1.165, 1.54) is 30.4 Å². The van der Waals surface area contributed by atoms with E-state index in [9.17, 15) is 22.4 Å². The normalized spacial score (nSPS) is 14.2. The van der Waals surface area contributed by atoms with Crippen molar-refractivity contribution < 1.29 is 31.8 Å². The zero-order chi connectivity index (χ0) is 24.0. The van der Waals surface area contributed by atoms with Crippen LogP contribution in [-0.2, 0) is 11.3 Å². The second kappa shape index (κ2) is 10.2. The van der Waals surface area contributed by atoms with E-state index >= 15 is 0 Å². The maximum Gasteiger partial charge on any atom is 0.573 e. The average molecular weight is 462 g/mol. The van der Waals surface area contributed by atoms with Gasteiger partial charge in [-0.3, -0.25) is 4.79 Å². The molecule has 2 aromatic rings. The molecule has 0 bridgehead atoms. The topological polar surface area (TPSA) is 73.6 Å². The molecule has 9 heteroatoms. The molecule has 0 heterocycles. The lowest BCUT2D eigenvalue weighted by Gasteiger charge is -2.12. The third kappa shape index (κ3) is 6.86. The number of nitrogens with two attached hydrogens (primary N) is 1. The quantitative estimate of drug-likeness (QED) is 0.510. The molecule has 1 amide bonds. The summed E-state index contributed by atoms with van der Waals surface area (Å²) in [5, 5.41) is 2.73. The molecule has 3 N–H and O–H groups in total. The van der Waals surface area contributed by atoms with Gasteiger partial charge in [-0.1, -0.05) is 25.1 Å². The summed E-state index contributed by atoms with van der Waals surface area (Å²) in [4.78, 5) is 12.6. The Labute approximate surface area is 188 Å². The molecule has 2 aromatic carbocycles. The van der Waals surface area contributed by atoms with Crippen molar-refractivity contribution in [1.29, 1.82) is 0 Å². The number of carbonyl (C=O) groups is 1. The van der Waals surface area contributed by atoms with E-state index in [2.05, 4.69) is 10.1 Å². The number of carbonyl (C=O) groups excluding carboxylic acids is 1. The van der Waals surface area contributed by atoms with Gasteiger partial charge in [-0.25, -0.2) is 4.39 Å². The summed E-state index contributed by atoms with van der Waals surface area (Å²) in [6, 6.07) is 11.8. The highest BCUT2D eigenvalue weighted by Gasteiger charge is 2.31. The summed E-state index contributed by atoms with van der Waals surface area (Å²) >= 11 is 0. The van der Waals surface area contributed by atoms with Crippen LogP contribution in [0.25, 0.3) is 0 Å². The molecule has 0 saturated heterocycles. The second-order valence-corrected chi connectivity index (χ2v) is 7.21. The van der Waals surface area contributed by atoms with Gasteiger partial charge in [0.05, 0.1) is 5.57 Å². The van der Waals surface area contributed by atoms with Crippen molar-refractivity contribution >= 4 is 5.91 Å². The van der Waals surface area contributed by atoms with Gasteiger partial charge >= 0.3 is 6.36 Å². The minimum atomic E-state index is -4.80. The number of allylic oxidation sites excluding steroid dienone is 3. The predicted molar refractivity (Wildman–Crippen MR) is 115 cm³/mol. The van der Waals surface area contributed by atoms with Crippen molar-refractivity contribution in [2.75, 3.05) is 0 Å². The molecule has 174 valence electrons. The monoisotopic (exact) mass is 462 g/mol. The molecular weight excluding hydrogens is 440 g/mol. The van der Waals surface area contributed by atoms with Crippen LogP contribution in [0.1, 0.15) is 25.3 Å². The summed E-state index contributed by atoms with van der Waals surface area (Å²) in [7, 11) is 0. The molecule has 0 aromatic heterocycles. The Balaban J connectivity index is 1.65. The first-order valence-electron chi connectivity index (χ1n) is 10.1. The van der Waals surface area contributed by atoms with Crippen LogP contribution in [0.2, 0.25) is 0 Å². The minimum Gasteiger partial charge on any atom is -0.457 e. The first-order chi connectivity index (χ1) is 15.6. The lowest BCUT2D eigenvalue weighted by Crippen LogP contribution is -2.26. The number of hydrogen-bond donors (Lipinski definition) is 2. The Morgan fingerprint density at radius 1 is 1.06 bits per heavy atom. The Bertz CT molecular complexity index is 1120. The fourth-order valence-corrected chi connectivity index (χ4v) is 3.17. The van der Waals surface area contributed by atoms with Crippen LogP contribution in [0.4, 0.5) is 17.6 Å². The number of nitrogens with one attached hydrogen (secondary N) is 1. The van der Waals surface area contributed by atoms with Crippen molar-refractivity contribution in [3.05, 3.63) is 88.9 Å². The fraction of sp³-hybridized carbons (Fsp3) is 0.208. The highest BCUT2D eigenvalue weighted by atomic mass is 19.4. The third-order valence-electron chi connectivity index (χ3n) is 4.78. The smallest absolute Gasteiger partial charge is 0.457 e.